The zero-order valence-corrected chi connectivity index (χ0v) is 10.3. The first-order valence-electron chi connectivity index (χ1n) is 5.43. The van der Waals surface area contributed by atoms with E-state index in [1.54, 1.807) is 17.5 Å². The number of nitrogens with zero attached hydrogens (tertiary/aromatic N) is 2. The predicted octanol–water partition coefficient (Wildman–Crippen LogP) is 2.07. The fourth-order valence-electron chi connectivity index (χ4n) is 1.43. The number of H-pyrrole nitrogens is 1. The number of aromatic nitrogens is 3. The molecule has 4 nitrogen and oxygen atoms in total. The third-order valence-electron chi connectivity index (χ3n) is 2.21. The quantitative estimate of drug-likeness (QED) is 0.835. The van der Waals surface area contributed by atoms with Gasteiger partial charge in [0.1, 0.15) is 10.8 Å². The Labute approximate surface area is 99.2 Å². The van der Waals surface area contributed by atoms with Gasteiger partial charge in [-0.3, -0.25) is 0 Å². The molecule has 0 radical (unpaired) electrons. The number of thiazole rings is 1. The van der Waals surface area contributed by atoms with E-state index in [-0.39, 0.29) is 0 Å². The summed E-state index contributed by atoms with van der Waals surface area (Å²) < 4.78 is 0. The molecular weight excluding hydrogens is 220 g/mol. The van der Waals surface area contributed by atoms with Gasteiger partial charge in [0.2, 0.25) is 0 Å². The molecule has 16 heavy (non-hydrogen) atoms. The average Bonchev–Trinajstić information content (AvgIpc) is 2.85. The number of hydrogen-bond acceptors (Lipinski definition) is 4. The molecule has 2 rings (SSSR count). The summed E-state index contributed by atoms with van der Waals surface area (Å²) in [7, 11) is 0. The van der Waals surface area contributed by atoms with Gasteiger partial charge in [-0.15, -0.1) is 11.3 Å². The van der Waals surface area contributed by atoms with Crippen LogP contribution < -0.4 is 5.32 Å². The molecule has 0 saturated carbocycles. The van der Waals surface area contributed by atoms with E-state index in [1.807, 2.05) is 11.6 Å². The molecule has 0 unspecified atom stereocenters. The van der Waals surface area contributed by atoms with Crippen molar-refractivity contribution in [1.29, 1.82) is 0 Å². The molecular formula is C11H16N4S. The average molecular weight is 236 g/mol. The summed E-state index contributed by atoms with van der Waals surface area (Å²) in [6, 6.07) is 0.522. The van der Waals surface area contributed by atoms with Crippen molar-refractivity contribution in [2.75, 3.05) is 6.54 Å². The van der Waals surface area contributed by atoms with Crippen molar-refractivity contribution in [3.8, 4) is 10.7 Å². The number of hydrogen-bond donors (Lipinski definition) is 2. The molecule has 2 heterocycles. The fourth-order valence-corrected chi connectivity index (χ4v) is 2.04. The highest BCUT2D eigenvalue weighted by Gasteiger charge is 2.05. The Morgan fingerprint density at radius 2 is 2.31 bits per heavy atom. The van der Waals surface area contributed by atoms with Gasteiger partial charge in [0.15, 0.2) is 0 Å². The van der Waals surface area contributed by atoms with Gasteiger partial charge in [0.25, 0.3) is 0 Å². The van der Waals surface area contributed by atoms with Gasteiger partial charge in [0, 0.05) is 30.6 Å². The highest BCUT2D eigenvalue weighted by molar-refractivity contribution is 7.13. The molecule has 0 saturated heterocycles. The molecule has 0 aliphatic rings. The Kier molecular flexibility index (Phi) is 3.69. The summed E-state index contributed by atoms with van der Waals surface area (Å²) in [6.07, 6.45) is 4.58. The van der Waals surface area contributed by atoms with Crippen LogP contribution in [0.3, 0.4) is 0 Å². The summed E-state index contributed by atoms with van der Waals surface area (Å²) in [5.41, 5.74) is 1.01. The van der Waals surface area contributed by atoms with Gasteiger partial charge in [-0.1, -0.05) is 13.8 Å². The topological polar surface area (TPSA) is 53.6 Å². The van der Waals surface area contributed by atoms with Crippen LogP contribution >= 0.6 is 11.3 Å². The minimum atomic E-state index is 0.522. The highest BCUT2D eigenvalue weighted by atomic mass is 32.1. The van der Waals surface area contributed by atoms with Crippen LogP contribution in [0.4, 0.5) is 0 Å². The van der Waals surface area contributed by atoms with Crippen LogP contribution in [0.15, 0.2) is 17.8 Å². The third-order valence-corrected chi connectivity index (χ3v) is 3.01. The SMILES string of the molecule is CC(C)NCCc1ncc(-c2nccs2)[nH]1. The van der Waals surface area contributed by atoms with Crippen molar-refractivity contribution in [3.05, 3.63) is 23.6 Å². The summed E-state index contributed by atoms with van der Waals surface area (Å²) in [6.45, 7) is 5.23. The number of rotatable bonds is 5. The van der Waals surface area contributed by atoms with Gasteiger partial charge < -0.3 is 10.3 Å². The van der Waals surface area contributed by atoms with E-state index in [9.17, 15) is 0 Å². The predicted molar refractivity (Wildman–Crippen MR) is 66.5 cm³/mol. The third kappa shape index (κ3) is 2.90. The molecule has 2 N–H and O–H groups in total. The first-order valence-corrected chi connectivity index (χ1v) is 6.31. The van der Waals surface area contributed by atoms with E-state index in [2.05, 4.69) is 34.1 Å². The first kappa shape index (κ1) is 11.3. The molecule has 0 aliphatic carbocycles. The Bertz CT molecular complexity index is 419. The first-order chi connectivity index (χ1) is 7.75. The lowest BCUT2D eigenvalue weighted by Gasteiger charge is -2.05. The van der Waals surface area contributed by atoms with Crippen LogP contribution in [0.2, 0.25) is 0 Å². The van der Waals surface area contributed by atoms with E-state index < -0.39 is 0 Å². The normalized spacial score (nSPS) is 11.2. The van der Waals surface area contributed by atoms with Crippen LogP contribution in [0, 0.1) is 0 Å². The highest BCUT2D eigenvalue weighted by Crippen LogP contribution is 2.19. The number of imidazole rings is 1. The summed E-state index contributed by atoms with van der Waals surface area (Å²) >= 11 is 1.62. The summed E-state index contributed by atoms with van der Waals surface area (Å²) in [5.74, 6) is 1.01. The Hall–Kier alpha value is -1.20. The van der Waals surface area contributed by atoms with Gasteiger partial charge in [-0.2, -0.15) is 0 Å². The molecule has 0 bridgehead atoms. The maximum absolute atomic E-state index is 4.34. The molecule has 0 spiro atoms. The lowest BCUT2D eigenvalue weighted by molar-refractivity contribution is 0.584. The van der Waals surface area contributed by atoms with Crippen LogP contribution in [-0.4, -0.2) is 27.5 Å². The van der Waals surface area contributed by atoms with E-state index in [4.69, 9.17) is 0 Å². The van der Waals surface area contributed by atoms with Crippen LogP contribution in [0.5, 0.6) is 0 Å². The van der Waals surface area contributed by atoms with Crippen molar-refractivity contribution in [2.45, 2.75) is 26.3 Å². The lowest BCUT2D eigenvalue weighted by Crippen LogP contribution is -2.25. The molecule has 2 aromatic rings. The van der Waals surface area contributed by atoms with Gasteiger partial charge in [-0.05, 0) is 0 Å². The molecule has 86 valence electrons. The van der Waals surface area contributed by atoms with Gasteiger partial charge >= 0.3 is 0 Å². The second-order valence-corrected chi connectivity index (χ2v) is 4.83. The summed E-state index contributed by atoms with van der Waals surface area (Å²) in [4.78, 5) is 11.9. The number of aromatic amines is 1. The second-order valence-electron chi connectivity index (χ2n) is 3.94. The van der Waals surface area contributed by atoms with E-state index in [1.165, 1.54) is 0 Å². The smallest absolute Gasteiger partial charge is 0.141 e. The maximum Gasteiger partial charge on any atom is 0.141 e. The zero-order chi connectivity index (χ0) is 11.4. The van der Waals surface area contributed by atoms with E-state index in [0.29, 0.717) is 6.04 Å². The van der Waals surface area contributed by atoms with E-state index >= 15 is 0 Å². The second kappa shape index (κ2) is 5.23. The Balaban J connectivity index is 1.93. The molecule has 5 heteroatoms. The Morgan fingerprint density at radius 1 is 1.44 bits per heavy atom. The van der Waals surface area contributed by atoms with Crippen molar-refractivity contribution in [2.24, 2.45) is 0 Å². The standard InChI is InChI=1S/C11H16N4S/c1-8(2)12-4-3-10-14-7-9(15-10)11-13-5-6-16-11/h5-8,12H,3-4H2,1-2H3,(H,14,15). The fraction of sp³-hybridized carbons (Fsp3) is 0.455. The minimum absolute atomic E-state index is 0.522. The van der Waals surface area contributed by atoms with Crippen molar-refractivity contribution in [3.63, 3.8) is 0 Å². The van der Waals surface area contributed by atoms with Crippen LogP contribution in [0.1, 0.15) is 19.7 Å². The van der Waals surface area contributed by atoms with Crippen molar-refractivity contribution >= 4 is 11.3 Å². The van der Waals surface area contributed by atoms with Crippen LogP contribution in [0.25, 0.3) is 10.7 Å². The number of nitrogens with one attached hydrogen (secondary N) is 2. The van der Waals surface area contributed by atoms with Crippen molar-refractivity contribution < 1.29 is 0 Å². The zero-order valence-electron chi connectivity index (χ0n) is 9.53. The molecule has 0 atom stereocenters. The van der Waals surface area contributed by atoms with Gasteiger partial charge in [0.05, 0.1) is 11.9 Å². The Morgan fingerprint density at radius 3 is 3.00 bits per heavy atom. The largest absolute Gasteiger partial charge is 0.340 e. The molecule has 0 fully saturated rings. The molecule has 0 amide bonds. The van der Waals surface area contributed by atoms with Crippen molar-refractivity contribution in [1.82, 2.24) is 20.3 Å². The van der Waals surface area contributed by atoms with Crippen LogP contribution in [-0.2, 0) is 6.42 Å². The summed E-state index contributed by atoms with van der Waals surface area (Å²) in [5, 5.41) is 6.33. The molecule has 0 aliphatic heterocycles. The molecule has 0 aromatic carbocycles. The maximum atomic E-state index is 4.34. The lowest BCUT2D eigenvalue weighted by atomic mass is 10.3. The monoisotopic (exact) mass is 236 g/mol. The van der Waals surface area contributed by atoms with E-state index in [0.717, 1.165) is 29.5 Å². The van der Waals surface area contributed by atoms with Gasteiger partial charge in [-0.25, -0.2) is 9.97 Å². The minimum Gasteiger partial charge on any atom is -0.340 e. The molecule has 2 aromatic heterocycles.